The number of aromatic nitrogens is 6. The molecule has 0 aliphatic carbocycles. The molecule has 3 aromatic heterocycles. The quantitative estimate of drug-likeness (QED) is 0.630. The van der Waals surface area contributed by atoms with E-state index in [1.54, 1.807) is 10.9 Å². The van der Waals surface area contributed by atoms with Crippen molar-refractivity contribution in [2.45, 2.75) is 6.92 Å². The van der Waals surface area contributed by atoms with Gasteiger partial charge < -0.3 is 11.5 Å². The Morgan fingerprint density at radius 3 is 2.65 bits per heavy atom. The molecule has 102 valence electrons. The zero-order valence-electron chi connectivity index (χ0n) is 11.1. The van der Waals surface area contributed by atoms with Gasteiger partial charge in [0, 0.05) is 24.5 Å². The summed E-state index contributed by atoms with van der Waals surface area (Å²) in [7, 11) is 1.83. The number of rotatable bonds is 2. The SMILES string of the molecule is Cc1cc(-c2c(N)nc(N)nc2-c2cnn(C)c2)n[nH]1. The van der Waals surface area contributed by atoms with E-state index in [0.29, 0.717) is 22.8 Å². The number of hydrogen-bond donors (Lipinski definition) is 3. The number of aryl methyl sites for hydroxylation is 2. The van der Waals surface area contributed by atoms with Crippen molar-refractivity contribution in [2.75, 3.05) is 11.5 Å². The van der Waals surface area contributed by atoms with E-state index in [4.69, 9.17) is 11.5 Å². The summed E-state index contributed by atoms with van der Waals surface area (Å²) in [6.07, 6.45) is 3.54. The van der Waals surface area contributed by atoms with E-state index in [-0.39, 0.29) is 5.95 Å². The van der Waals surface area contributed by atoms with Gasteiger partial charge in [-0.05, 0) is 13.0 Å². The fourth-order valence-corrected chi connectivity index (χ4v) is 2.05. The van der Waals surface area contributed by atoms with Gasteiger partial charge in [0.15, 0.2) is 0 Å². The molecule has 8 nitrogen and oxygen atoms in total. The molecule has 3 aromatic rings. The van der Waals surface area contributed by atoms with Crippen LogP contribution in [0.3, 0.4) is 0 Å². The van der Waals surface area contributed by atoms with E-state index in [0.717, 1.165) is 11.3 Å². The molecular weight excluding hydrogens is 256 g/mol. The Morgan fingerprint density at radius 2 is 2.05 bits per heavy atom. The molecule has 0 saturated heterocycles. The van der Waals surface area contributed by atoms with Crippen LogP contribution in [0, 0.1) is 6.92 Å². The van der Waals surface area contributed by atoms with Gasteiger partial charge in [-0.3, -0.25) is 9.78 Å². The minimum absolute atomic E-state index is 0.123. The van der Waals surface area contributed by atoms with Crippen LogP contribution in [0.1, 0.15) is 5.69 Å². The van der Waals surface area contributed by atoms with Crippen LogP contribution >= 0.6 is 0 Å². The molecule has 0 spiro atoms. The summed E-state index contributed by atoms with van der Waals surface area (Å²) in [6.45, 7) is 1.91. The average Bonchev–Trinajstić information content (AvgIpc) is 2.97. The fraction of sp³-hybridized carbons (Fsp3) is 0.167. The van der Waals surface area contributed by atoms with Crippen LogP contribution in [0.25, 0.3) is 22.5 Å². The minimum atomic E-state index is 0.123. The van der Waals surface area contributed by atoms with Crippen molar-refractivity contribution in [3.63, 3.8) is 0 Å². The molecular formula is C12H14N8. The van der Waals surface area contributed by atoms with Gasteiger partial charge in [0.2, 0.25) is 5.95 Å². The van der Waals surface area contributed by atoms with Gasteiger partial charge in [-0.2, -0.15) is 15.2 Å². The highest BCUT2D eigenvalue weighted by molar-refractivity contribution is 5.86. The molecule has 5 N–H and O–H groups in total. The van der Waals surface area contributed by atoms with Crippen molar-refractivity contribution in [1.29, 1.82) is 0 Å². The molecule has 0 aromatic carbocycles. The molecule has 0 radical (unpaired) electrons. The number of aromatic amines is 1. The highest BCUT2D eigenvalue weighted by Crippen LogP contribution is 2.33. The van der Waals surface area contributed by atoms with Gasteiger partial charge in [0.05, 0.1) is 23.1 Å². The number of nitrogens with one attached hydrogen (secondary N) is 1. The number of nitrogens with zero attached hydrogens (tertiary/aromatic N) is 5. The standard InChI is InChI=1S/C12H14N8/c1-6-3-8(19-18-6)9-10(7-4-15-20(2)5-7)16-12(14)17-11(9)13/h3-5H,1-2H3,(H,18,19)(H4,13,14,16,17). The maximum absolute atomic E-state index is 6.00. The molecule has 0 bridgehead atoms. The normalized spacial score (nSPS) is 10.9. The third-order valence-electron chi connectivity index (χ3n) is 2.89. The summed E-state index contributed by atoms with van der Waals surface area (Å²) in [5.41, 5.74) is 15.4. The second-order valence-corrected chi connectivity index (χ2v) is 4.53. The maximum Gasteiger partial charge on any atom is 0.222 e. The number of anilines is 2. The fourth-order valence-electron chi connectivity index (χ4n) is 2.05. The van der Waals surface area contributed by atoms with Crippen LogP contribution in [-0.2, 0) is 7.05 Å². The predicted octanol–water partition coefficient (Wildman–Crippen LogP) is 0.740. The van der Waals surface area contributed by atoms with Gasteiger partial charge in [-0.1, -0.05) is 0 Å². The summed E-state index contributed by atoms with van der Waals surface area (Å²) >= 11 is 0. The molecule has 0 atom stereocenters. The maximum atomic E-state index is 6.00. The molecule has 3 heterocycles. The number of nitrogen functional groups attached to an aromatic ring is 2. The van der Waals surface area contributed by atoms with Crippen molar-refractivity contribution in [1.82, 2.24) is 29.9 Å². The third kappa shape index (κ3) is 1.96. The number of H-pyrrole nitrogens is 1. The molecule has 0 fully saturated rings. The van der Waals surface area contributed by atoms with Crippen LogP contribution < -0.4 is 11.5 Å². The first-order valence-electron chi connectivity index (χ1n) is 5.99. The summed E-state index contributed by atoms with van der Waals surface area (Å²) in [5.74, 6) is 0.417. The molecule has 0 aliphatic rings. The van der Waals surface area contributed by atoms with Gasteiger partial charge >= 0.3 is 0 Å². The number of hydrogen-bond acceptors (Lipinski definition) is 6. The molecule has 8 heteroatoms. The van der Waals surface area contributed by atoms with Crippen LogP contribution in [0.15, 0.2) is 18.5 Å². The van der Waals surface area contributed by atoms with Crippen molar-refractivity contribution in [3.8, 4) is 22.5 Å². The molecule has 0 aliphatic heterocycles. The van der Waals surface area contributed by atoms with Crippen molar-refractivity contribution >= 4 is 11.8 Å². The molecule has 20 heavy (non-hydrogen) atoms. The lowest BCUT2D eigenvalue weighted by atomic mass is 10.1. The van der Waals surface area contributed by atoms with E-state index in [1.165, 1.54) is 0 Å². The Morgan fingerprint density at radius 1 is 1.25 bits per heavy atom. The molecule has 0 unspecified atom stereocenters. The highest BCUT2D eigenvalue weighted by Gasteiger charge is 2.18. The summed E-state index contributed by atoms with van der Waals surface area (Å²) in [5, 5.41) is 11.2. The summed E-state index contributed by atoms with van der Waals surface area (Å²) in [4.78, 5) is 8.30. The Balaban J connectivity index is 2.27. The van der Waals surface area contributed by atoms with Crippen LogP contribution in [0.5, 0.6) is 0 Å². The van der Waals surface area contributed by atoms with Crippen LogP contribution in [0.4, 0.5) is 11.8 Å². The smallest absolute Gasteiger partial charge is 0.222 e. The Bertz CT molecular complexity index is 770. The van der Waals surface area contributed by atoms with E-state index in [2.05, 4.69) is 25.3 Å². The highest BCUT2D eigenvalue weighted by atomic mass is 15.2. The molecule has 0 saturated carbocycles. The van der Waals surface area contributed by atoms with Crippen LogP contribution in [0.2, 0.25) is 0 Å². The summed E-state index contributed by atoms with van der Waals surface area (Å²) < 4.78 is 1.68. The van der Waals surface area contributed by atoms with Crippen LogP contribution in [-0.4, -0.2) is 29.9 Å². The Hall–Kier alpha value is -2.90. The minimum Gasteiger partial charge on any atom is -0.383 e. The van der Waals surface area contributed by atoms with Gasteiger partial charge in [0.25, 0.3) is 0 Å². The van der Waals surface area contributed by atoms with Crippen molar-refractivity contribution in [2.24, 2.45) is 7.05 Å². The third-order valence-corrected chi connectivity index (χ3v) is 2.89. The van der Waals surface area contributed by atoms with E-state index in [9.17, 15) is 0 Å². The second-order valence-electron chi connectivity index (χ2n) is 4.53. The Kier molecular flexibility index (Phi) is 2.63. The topological polar surface area (TPSA) is 124 Å². The first-order valence-corrected chi connectivity index (χ1v) is 5.99. The van der Waals surface area contributed by atoms with E-state index in [1.807, 2.05) is 26.2 Å². The average molecular weight is 270 g/mol. The van der Waals surface area contributed by atoms with Crippen molar-refractivity contribution < 1.29 is 0 Å². The van der Waals surface area contributed by atoms with Gasteiger partial charge in [-0.25, -0.2) is 4.98 Å². The largest absolute Gasteiger partial charge is 0.383 e. The van der Waals surface area contributed by atoms with Gasteiger partial charge in [-0.15, -0.1) is 0 Å². The predicted molar refractivity (Wildman–Crippen MR) is 75.4 cm³/mol. The second kappa shape index (κ2) is 4.34. The first kappa shape index (κ1) is 12.2. The lowest BCUT2D eigenvalue weighted by molar-refractivity contribution is 0.768. The first-order chi connectivity index (χ1) is 9.54. The zero-order chi connectivity index (χ0) is 14.3. The van der Waals surface area contributed by atoms with E-state index < -0.39 is 0 Å². The lowest BCUT2D eigenvalue weighted by Crippen LogP contribution is -2.04. The zero-order valence-corrected chi connectivity index (χ0v) is 11.1. The molecule has 0 amide bonds. The van der Waals surface area contributed by atoms with E-state index >= 15 is 0 Å². The van der Waals surface area contributed by atoms with Gasteiger partial charge in [0.1, 0.15) is 5.82 Å². The van der Waals surface area contributed by atoms with Crippen molar-refractivity contribution in [3.05, 3.63) is 24.2 Å². The molecule has 3 rings (SSSR count). The monoisotopic (exact) mass is 270 g/mol. The summed E-state index contributed by atoms with van der Waals surface area (Å²) in [6, 6.07) is 1.88. The Labute approximate surface area is 114 Å². The number of nitrogens with two attached hydrogens (primary N) is 2. The lowest BCUT2D eigenvalue weighted by Gasteiger charge is -2.08.